The highest BCUT2D eigenvalue weighted by Gasteiger charge is 2.16. The van der Waals surface area contributed by atoms with Crippen molar-refractivity contribution in [3.05, 3.63) is 33.9 Å². The first-order chi connectivity index (χ1) is 6.72. The molecule has 1 rings (SSSR count). The van der Waals surface area contributed by atoms with Crippen LogP contribution >= 0.6 is 12.4 Å². The summed E-state index contributed by atoms with van der Waals surface area (Å²) in [6.45, 7) is 12.9. The number of rotatable bonds is 2. The van der Waals surface area contributed by atoms with Gasteiger partial charge in [0.25, 0.3) is 0 Å². The summed E-state index contributed by atoms with van der Waals surface area (Å²) in [7, 11) is 0. The molecule has 0 saturated carbocycles. The van der Waals surface area contributed by atoms with Crippen LogP contribution in [0.4, 0.5) is 0 Å². The van der Waals surface area contributed by atoms with Gasteiger partial charge in [0.1, 0.15) is 0 Å². The van der Waals surface area contributed by atoms with Crippen LogP contribution in [0.15, 0.2) is 6.07 Å². The maximum absolute atomic E-state index is 6.11. The fraction of sp³-hybridized carbons (Fsp3) is 0.571. The fourth-order valence-corrected chi connectivity index (χ4v) is 2.02. The summed E-state index contributed by atoms with van der Waals surface area (Å²) in [6, 6.07) is 2.26. The normalized spacial score (nSPS) is 11.2. The number of benzene rings is 1. The van der Waals surface area contributed by atoms with Crippen LogP contribution < -0.4 is 5.73 Å². The first-order valence-corrected chi connectivity index (χ1v) is 5.57. The molecule has 0 radical (unpaired) electrons. The average Bonchev–Trinajstić information content (AvgIpc) is 2.08. The van der Waals surface area contributed by atoms with Crippen molar-refractivity contribution in [2.45, 2.75) is 53.5 Å². The molecule has 1 nitrogen and oxygen atoms in total. The molecule has 0 heterocycles. The number of halogens is 1. The van der Waals surface area contributed by atoms with Crippen molar-refractivity contribution < 1.29 is 0 Å². The van der Waals surface area contributed by atoms with Crippen molar-refractivity contribution in [3.63, 3.8) is 0 Å². The molecule has 0 aliphatic rings. The van der Waals surface area contributed by atoms with Gasteiger partial charge in [-0.2, -0.15) is 0 Å². The Kier molecular flexibility index (Phi) is 5.03. The SMILES string of the molecule is Cc1cc(C)c(C)c(CC(C)(C)N)c1C.Cl. The Morgan fingerprint density at radius 1 is 1.00 bits per heavy atom. The van der Waals surface area contributed by atoms with Crippen LogP contribution in [0, 0.1) is 27.7 Å². The molecule has 2 heteroatoms. The maximum atomic E-state index is 6.11. The number of aryl methyl sites for hydroxylation is 2. The molecule has 92 valence electrons. The second-order valence-corrected chi connectivity index (χ2v) is 5.40. The van der Waals surface area contributed by atoms with Crippen molar-refractivity contribution in [3.8, 4) is 0 Å². The van der Waals surface area contributed by atoms with Crippen molar-refractivity contribution in [1.82, 2.24) is 0 Å². The third kappa shape index (κ3) is 3.50. The van der Waals surface area contributed by atoms with Crippen molar-refractivity contribution in [2.24, 2.45) is 5.73 Å². The molecule has 1 aromatic rings. The molecule has 16 heavy (non-hydrogen) atoms. The van der Waals surface area contributed by atoms with Crippen LogP contribution in [-0.4, -0.2) is 5.54 Å². The zero-order chi connectivity index (χ0) is 11.8. The lowest BCUT2D eigenvalue weighted by Crippen LogP contribution is -2.35. The fourth-order valence-electron chi connectivity index (χ4n) is 2.02. The highest BCUT2D eigenvalue weighted by molar-refractivity contribution is 5.85. The summed E-state index contributed by atoms with van der Waals surface area (Å²) in [6.07, 6.45) is 0.952. The van der Waals surface area contributed by atoms with Gasteiger partial charge in [0.15, 0.2) is 0 Å². The van der Waals surface area contributed by atoms with Gasteiger partial charge in [-0.1, -0.05) is 6.07 Å². The molecule has 0 bridgehead atoms. The molecule has 0 amide bonds. The monoisotopic (exact) mass is 241 g/mol. The van der Waals surface area contributed by atoms with Crippen LogP contribution in [0.25, 0.3) is 0 Å². The van der Waals surface area contributed by atoms with Crippen LogP contribution in [0.5, 0.6) is 0 Å². The molecule has 0 aliphatic heterocycles. The van der Waals surface area contributed by atoms with E-state index >= 15 is 0 Å². The van der Waals surface area contributed by atoms with E-state index in [0.29, 0.717) is 0 Å². The largest absolute Gasteiger partial charge is 0.325 e. The number of nitrogens with two attached hydrogens (primary N) is 1. The van der Waals surface area contributed by atoms with E-state index in [4.69, 9.17) is 5.73 Å². The number of hydrogen-bond acceptors (Lipinski definition) is 1. The third-order valence-corrected chi connectivity index (χ3v) is 3.15. The quantitative estimate of drug-likeness (QED) is 0.841. The molecule has 0 aliphatic carbocycles. The minimum absolute atomic E-state index is 0. The van der Waals surface area contributed by atoms with Gasteiger partial charge in [-0.25, -0.2) is 0 Å². The Morgan fingerprint density at radius 3 is 1.69 bits per heavy atom. The summed E-state index contributed by atoms with van der Waals surface area (Å²) in [5.41, 5.74) is 13.0. The molecule has 0 atom stereocenters. The van der Waals surface area contributed by atoms with Crippen molar-refractivity contribution in [2.75, 3.05) is 0 Å². The van der Waals surface area contributed by atoms with Gasteiger partial charge in [0.2, 0.25) is 0 Å². The van der Waals surface area contributed by atoms with E-state index in [9.17, 15) is 0 Å². The Hall–Kier alpha value is -0.530. The van der Waals surface area contributed by atoms with Crippen LogP contribution in [0.1, 0.15) is 41.7 Å². The zero-order valence-corrected chi connectivity index (χ0v) is 12.1. The summed E-state index contributed by atoms with van der Waals surface area (Å²) in [4.78, 5) is 0. The first-order valence-electron chi connectivity index (χ1n) is 5.57. The Labute approximate surface area is 106 Å². The zero-order valence-electron chi connectivity index (χ0n) is 11.3. The van der Waals surface area contributed by atoms with Crippen LogP contribution in [-0.2, 0) is 6.42 Å². The van der Waals surface area contributed by atoms with Crippen molar-refractivity contribution in [1.29, 1.82) is 0 Å². The molecular formula is C14H24ClN. The highest BCUT2D eigenvalue weighted by Crippen LogP contribution is 2.24. The van der Waals surface area contributed by atoms with Gasteiger partial charge in [-0.15, -0.1) is 12.4 Å². The predicted octanol–water partition coefficient (Wildman–Crippen LogP) is 3.62. The predicted molar refractivity (Wildman–Crippen MR) is 74.6 cm³/mol. The third-order valence-electron chi connectivity index (χ3n) is 3.15. The van der Waals surface area contributed by atoms with E-state index in [2.05, 4.69) is 47.6 Å². The molecule has 2 N–H and O–H groups in total. The standard InChI is InChI=1S/C14H23N.ClH/c1-9-7-10(2)12(4)13(11(9)3)8-14(5,6)15;/h7H,8,15H2,1-6H3;1H. The lowest BCUT2D eigenvalue weighted by molar-refractivity contribution is 0.514. The van der Waals surface area contributed by atoms with E-state index in [1.54, 1.807) is 0 Å². The van der Waals surface area contributed by atoms with Crippen LogP contribution in [0.3, 0.4) is 0 Å². The van der Waals surface area contributed by atoms with Gasteiger partial charge >= 0.3 is 0 Å². The Morgan fingerprint density at radius 2 is 1.38 bits per heavy atom. The van der Waals surface area contributed by atoms with E-state index in [-0.39, 0.29) is 17.9 Å². The second kappa shape index (κ2) is 5.20. The minimum Gasteiger partial charge on any atom is -0.325 e. The molecule has 0 aromatic heterocycles. The average molecular weight is 242 g/mol. The van der Waals surface area contributed by atoms with Crippen LogP contribution in [0.2, 0.25) is 0 Å². The Balaban J connectivity index is 0.00000225. The molecule has 0 fully saturated rings. The second-order valence-electron chi connectivity index (χ2n) is 5.40. The van der Waals surface area contributed by atoms with Crippen molar-refractivity contribution >= 4 is 12.4 Å². The molecule has 0 spiro atoms. The summed E-state index contributed by atoms with van der Waals surface area (Å²) < 4.78 is 0. The van der Waals surface area contributed by atoms with E-state index in [0.717, 1.165) is 6.42 Å². The van der Waals surface area contributed by atoms with Gasteiger partial charge in [-0.3, -0.25) is 0 Å². The number of hydrogen-bond donors (Lipinski definition) is 1. The van der Waals surface area contributed by atoms with E-state index in [1.807, 2.05) is 0 Å². The smallest absolute Gasteiger partial charge is 0.0138 e. The van der Waals surface area contributed by atoms with Gasteiger partial charge in [0, 0.05) is 5.54 Å². The highest BCUT2D eigenvalue weighted by atomic mass is 35.5. The first kappa shape index (κ1) is 15.5. The molecule has 0 saturated heterocycles. The lowest BCUT2D eigenvalue weighted by atomic mass is 9.86. The maximum Gasteiger partial charge on any atom is 0.0138 e. The topological polar surface area (TPSA) is 26.0 Å². The van der Waals surface area contributed by atoms with Gasteiger partial charge in [-0.05, 0) is 75.8 Å². The van der Waals surface area contributed by atoms with Gasteiger partial charge < -0.3 is 5.73 Å². The summed E-state index contributed by atoms with van der Waals surface area (Å²) in [5, 5.41) is 0. The Bertz CT molecular complexity index is 349. The lowest BCUT2D eigenvalue weighted by Gasteiger charge is -2.23. The molecule has 1 aromatic carbocycles. The summed E-state index contributed by atoms with van der Waals surface area (Å²) >= 11 is 0. The van der Waals surface area contributed by atoms with E-state index in [1.165, 1.54) is 27.8 Å². The van der Waals surface area contributed by atoms with Gasteiger partial charge in [0.05, 0.1) is 0 Å². The molecular weight excluding hydrogens is 218 g/mol. The molecule has 0 unspecified atom stereocenters. The summed E-state index contributed by atoms with van der Waals surface area (Å²) in [5.74, 6) is 0. The van der Waals surface area contributed by atoms with E-state index < -0.39 is 0 Å². The minimum atomic E-state index is -0.129.